The second-order valence-corrected chi connectivity index (χ2v) is 5.73. The lowest BCUT2D eigenvalue weighted by molar-refractivity contribution is -0.134. The quantitative estimate of drug-likeness (QED) is 0.883. The third-order valence-corrected chi connectivity index (χ3v) is 3.86. The highest BCUT2D eigenvalue weighted by atomic mass is 16.5. The van der Waals surface area contributed by atoms with E-state index in [2.05, 4.69) is 25.3 Å². The van der Waals surface area contributed by atoms with Gasteiger partial charge in [-0.1, -0.05) is 0 Å². The lowest BCUT2D eigenvalue weighted by Gasteiger charge is -2.16. The van der Waals surface area contributed by atoms with Crippen molar-refractivity contribution in [2.75, 3.05) is 32.1 Å². The van der Waals surface area contributed by atoms with Crippen LogP contribution in [0.15, 0.2) is 24.7 Å². The van der Waals surface area contributed by atoms with E-state index in [9.17, 15) is 4.79 Å². The first-order valence-electron chi connectivity index (χ1n) is 7.81. The Kier molecular flexibility index (Phi) is 4.95. The number of nitrogens with zero attached hydrogens (tertiary/aromatic N) is 5. The molecule has 1 saturated heterocycles. The topological polar surface area (TPSA) is 93.1 Å². The Labute approximate surface area is 140 Å². The first kappa shape index (κ1) is 16.3. The molecule has 2 aromatic rings. The highest BCUT2D eigenvalue weighted by Crippen LogP contribution is 2.26. The molecule has 0 spiro atoms. The van der Waals surface area contributed by atoms with Gasteiger partial charge in [-0.05, 0) is 13.3 Å². The predicted octanol–water partition coefficient (Wildman–Crippen LogP) is 1.28. The van der Waals surface area contributed by atoms with E-state index < -0.39 is 0 Å². The van der Waals surface area contributed by atoms with Gasteiger partial charge < -0.3 is 15.0 Å². The Morgan fingerprint density at radius 3 is 3.00 bits per heavy atom. The van der Waals surface area contributed by atoms with Crippen LogP contribution in [0.5, 0.6) is 0 Å². The van der Waals surface area contributed by atoms with Crippen LogP contribution >= 0.6 is 0 Å². The van der Waals surface area contributed by atoms with Gasteiger partial charge in [0, 0.05) is 50.3 Å². The van der Waals surface area contributed by atoms with Crippen LogP contribution in [0, 0.1) is 6.92 Å². The van der Waals surface area contributed by atoms with Crippen molar-refractivity contribution in [1.29, 1.82) is 0 Å². The minimum atomic E-state index is 0.00515. The Bertz CT molecular complexity index is 709. The Balaban J connectivity index is 1.73. The molecule has 1 amide bonds. The predicted molar refractivity (Wildman–Crippen MR) is 87.9 cm³/mol. The Morgan fingerprint density at radius 1 is 1.38 bits per heavy atom. The number of hydrogen-bond donors (Lipinski definition) is 1. The SMILES string of the molecule is COCC(=O)N1CCC(c2nc(C)cc(Nc3cnccn3)n2)C1. The van der Waals surface area contributed by atoms with E-state index >= 15 is 0 Å². The minimum Gasteiger partial charge on any atom is -0.375 e. The van der Waals surface area contributed by atoms with Crippen LogP contribution in [-0.4, -0.2) is 57.5 Å². The highest BCUT2D eigenvalue weighted by molar-refractivity contribution is 5.77. The number of rotatable bonds is 5. The summed E-state index contributed by atoms with van der Waals surface area (Å²) in [7, 11) is 1.53. The van der Waals surface area contributed by atoms with Gasteiger partial charge in [0.05, 0.1) is 6.20 Å². The molecule has 3 heterocycles. The third-order valence-electron chi connectivity index (χ3n) is 3.86. The van der Waals surface area contributed by atoms with Crippen molar-refractivity contribution in [2.45, 2.75) is 19.3 Å². The first-order valence-corrected chi connectivity index (χ1v) is 7.81. The van der Waals surface area contributed by atoms with Crippen molar-refractivity contribution in [3.63, 3.8) is 0 Å². The van der Waals surface area contributed by atoms with Crippen LogP contribution in [0.4, 0.5) is 11.6 Å². The molecule has 0 aliphatic carbocycles. The van der Waals surface area contributed by atoms with Gasteiger partial charge in [0.2, 0.25) is 5.91 Å². The summed E-state index contributed by atoms with van der Waals surface area (Å²) in [5, 5.41) is 3.14. The molecule has 1 aliphatic heterocycles. The maximum atomic E-state index is 11.9. The van der Waals surface area contributed by atoms with E-state index in [1.54, 1.807) is 23.5 Å². The summed E-state index contributed by atoms with van der Waals surface area (Å²) in [5.74, 6) is 2.19. The molecule has 8 nitrogen and oxygen atoms in total. The molecule has 1 atom stereocenters. The molecule has 1 N–H and O–H groups in total. The second kappa shape index (κ2) is 7.31. The Morgan fingerprint density at radius 2 is 2.25 bits per heavy atom. The fourth-order valence-electron chi connectivity index (χ4n) is 2.75. The lowest BCUT2D eigenvalue weighted by atomic mass is 10.1. The number of likely N-dealkylation sites (tertiary alicyclic amines) is 1. The molecule has 0 aromatic carbocycles. The summed E-state index contributed by atoms with van der Waals surface area (Å²) in [4.78, 5) is 31.1. The van der Waals surface area contributed by atoms with Gasteiger partial charge in [0.25, 0.3) is 0 Å². The first-order chi connectivity index (χ1) is 11.7. The number of aromatic nitrogens is 4. The summed E-state index contributed by atoms with van der Waals surface area (Å²) >= 11 is 0. The van der Waals surface area contributed by atoms with Crippen LogP contribution in [0.1, 0.15) is 23.9 Å². The smallest absolute Gasteiger partial charge is 0.248 e. The molecule has 1 fully saturated rings. The van der Waals surface area contributed by atoms with Gasteiger partial charge in [-0.2, -0.15) is 0 Å². The van der Waals surface area contributed by atoms with Crippen LogP contribution < -0.4 is 5.32 Å². The largest absolute Gasteiger partial charge is 0.375 e. The summed E-state index contributed by atoms with van der Waals surface area (Å²) in [6.07, 6.45) is 5.72. The molecule has 0 radical (unpaired) electrons. The van der Waals surface area contributed by atoms with Gasteiger partial charge in [0.1, 0.15) is 24.1 Å². The van der Waals surface area contributed by atoms with E-state index in [1.807, 2.05) is 13.0 Å². The third kappa shape index (κ3) is 3.83. The second-order valence-electron chi connectivity index (χ2n) is 5.73. The summed E-state index contributed by atoms with van der Waals surface area (Å²) in [6.45, 7) is 3.37. The van der Waals surface area contributed by atoms with E-state index in [1.165, 1.54) is 7.11 Å². The minimum absolute atomic E-state index is 0.00515. The monoisotopic (exact) mass is 328 g/mol. The fraction of sp³-hybridized carbons (Fsp3) is 0.438. The molecule has 24 heavy (non-hydrogen) atoms. The Hall–Kier alpha value is -2.61. The number of carbonyl (C=O) groups is 1. The zero-order valence-corrected chi connectivity index (χ0v) is 13.8. The van der Waals surface area contributed by atoms with Crippen molar-refractivity contribution in [1.82, 2.24) is 24.8 Å². The number of hydrogen-bond acceptors (Lipinski definition) is 7. The number of nitrogens with one attached hydrogen (secondary N) is 1. The van der Waals surface area contributed by atoms with Crippen molar-refractivity contribution >= 4 is 17.5 Å². The molecule has 1 aliphatic rings. The zero-order valence-electron chi connectivity index (χ0n) is 13.8. The number of aryl methyl sites for hydroxylation is 1. The van der Waals surface area contributed by atoms with Crippen molar-refractivity contribution in [2.24, 2.45) is 0 Å². The number of ether oxygens (including phenoxy) is 1. The summed E-state index contributed by atoms with van der Waals surface area (Å²) < 4.78 is 4.92. The van der Waals surface area contributed by atoms with Gasteiger partial charge in [-0.3, -0.25) is 9.78 Å². The average molecular weight is 328 g/mol. The average Bonchev–Trinajstić information content (AvgIpc) is 3.06. The number of anilines is 2. The number of methoxy groups -OCH3 is 1. The van der Waals surface area contributed by atoms with E-state index in [0.29, 0.717) is 24.7 Å². The van der Waals surface area contributed by atoms with Gasteiger partial charge >= 0.3 is 0 Å². The molecule has 126 valence electrons. The fourth-order valence-corrected chi connectivity index (χ4v) is 2.75. The van der Waals surface area contributed by atoms with Crippen molar-refractivity contribution in [3.05, 3.63) is 36.2 Å². The van der Waals surface area contributed by atoms with Crippen molar-refractivity contribution < 1.29 is 9.53 Å². The van der Waals surface area contributed by atoms with E-state index in [0.717, 1.165) is 17.9 Å². The molecule has 2 aromatic heterocycles. The maximum absolute atomic E-state index is 11.9. The van der Waals surface area contributed by atoms with Crippen LogP contribution in [0.25, 0.3) is 0 Å². The summed E-state index contributed by atoms with van der Waals surface area (Å²) in [5.41, 5.74) is 0.869. The van der Waals surface area contributed by atoms with Gasteiger partial charge in [-0.15, -0.1) is 0 Å². The maximum Gasteiger partial charge on any atom is 0.248 e. The van der Waals surface area contributed by atoms with Crippen LogP contribution in [-0.2, 0) is 9.53 Å². The lowest BCUT2D eigenvalue weighted by Crippen LogP contribution is -2.31. The van der Waals surface area contributed by atoms with E-state index in [4.69, 9.17) is 4.74 Å². The van der Waals surface area contributed by atoms with Gasteiger partial charge in [0.15, 0.2) is 0 Å². The van der Waals surface area contributed by atoms with E-state index in [-0.39, 0.29) is 18.4 Å². The molecule has 3 rings (SSSR count). The van der Waals surface area contributed by atoms with Crippen LogP contribution in [0.2, 0.25) is 0 Å². The molecule has 8 heteroatoms. The highest BCUT2D eigenvalue weighted by Gasteiger charge is 2.29. The molecule has 1 unspecified atom stereocenters. The normalized spacial score (nSPS) is 17.1. The summed E-state index contributed by atoms with van der Waals surface area (Å²) in [6, 6.07) is 1.86. The van der Waals surface area contributed by atoms with Gasteiger partial charge in [-0.25, -0.2) is 15.0 Å². The van der Waals surface area contributed by atoms with Crippen LogP contribution in [0.3, 0.4) is 0 Å². The number of carbonyl (C=O) groups excluding carboxylic acids is 1. The van der Waals surface area contributed by atoms with Crippen molar-refractivity contribution in [3.8, 4) is 0 Å². The molecule has 0 saturated carbocycles. The molecular weight excluding hydrogens is 308 g/mol. The standard InChI is InChI=1S/C16H20N6O2/c1-11-7-13(20-14-8-17-4-5-18-14)21-16(19-11)12-3-6-22(9-12)15(23)10-24-2/h4-5,7-8,12H,3,6,9-10H2,1-2H3,(H,18,19,20,21). The number of amides is 1. The molecule has 0 bridgehead atoms. The zero-order chi connectivity index (χ0) is 16.9. The molecular formula is C16H20N6O2.